The zero-order valence-electron chi connectivity index (χ0n) is 10.7. The first-order valence-electron chi connectivity index (χ1n) is 6.33. The molecule has 1 unspecified atom stereocenters. The van der Waals surface area contributed by atoms with Crippen LogP contribution in [0.1, 0.15) is 33.1 Å². The predicted octanol–water partition coefficient (Wildman–Crippen LogP) is 0.0984. The van der Waals surface area contributed by atoms with Gasteiger partial charge in [-0.05, 0) is 25.2 Å². The van der Waals surface area contributed by atoms with Crippen molar-refractivity contribution in [2.45, 2.75) is 39.2 Å². The third-order valence-electron chi connectivity index (χ3n) is 3.16. The van der Waals surface area contributed by atoms with Crippen molar-refractivity contribution in [1.29, 1.82) is 0 Å². The van der Waals surface area contributed by atoms with Crippen molar-refractivity contribution in [3.05, 3.63) is 0 Å². The summed E-state index contributed by atoms with van der Waals surface area (Å²) in [6.07, 6.45) is 3.36. The lowest BCUT2D eigenvalue weighted by molar-refractivity contribution is -0.131. The second kappa shape index (κ2) is 6.59. The van der Waals surface area contributed by atoms with Crippen LogP contribution in [0.25, 0.3) is 0 Å². The van der Waals surface area contributed by atoms with E-state index in [0.717, 1.165) is 25.9 Å². The predicted molar refractivity (Wildman–Crippen MR) is 66.3 cm³/mol. The molecule has 0 aromatic rings. The highest BCUT2D eigenvalue weighted by Gasteiger charge is 2.22. The van der Waals surface area contributed by atoms with E-state index in [1.165, 1.54) is 6.42 Å². The second-order valence-corrected chi connectivity index (χ2v) is 4.95. The summed E-state index contributed by atoms with van der Waals surface area (Å²) in [6.45, 7) is 5.69. The molecule has 5 nitrogen and oxygen atoms in total. The van der Waals surface area contributed by atoms with Gasteiger partial charge in [-0.1, -0.05) is 13.8 Å². The van der Waals surface area contributed by atoms with Gasteiger partial charge in [0, 0.05) is 13.1 Å². The molecule has 17 heavy (non-hydrogen) atoms. The number of hydrogen-bond donors (Lipinski definition) is 2. The molecule has 0 spiro atoms. The Morgan fingerprint density at radius 2 is 1.82 bits per heavy atom. The number of likely N-dealkylation sites (tertiary alicyclic amines) is 1. The highest BCUT2D eigenvalue weighted by molar-refractivity contribution is 5.82. The number of piperidine rings is 1. The lowest BCUT2D eigenvalue weighted by Crippen LogP contribution is -2.50. The van der Waals surface area contributed by atoms with Crippen LogP contribution in [0.4, 0.5) is 0 Å². The lowest BCUT2D eigenvalue weighted by Gasteiger charge is -2.28. The van der Waals surface area contributed by atoms with Crippen LogP contribution in [0.15, 0.2) is 0 Å². The summed E-state index contributed by atoms with van der Waals surface area (Å²) in [5.41, 5.74) is 5.28. The van der Waals surface area contributed by atoms with Crippen LogP contribution in [0.5, 0.6) is 0 Å². The molecule has 0 radical (unpaired) electrons. The Hall–Kier alpha value is -1.10. The van der Waals surface area contributed by atoms with Gasteiger partial charge in [0.1, 0.15) is 0 Å². The van der Waals surface area contributed by atoms with E-state index in [9.17, 15) is 9.59 Å². The number of rotatable bonds is 5. The Kier molecular flexibility index (Phi) is 5.41. The summed E-state index contributed by atoms with van der Waals surface area (Å²) in [6, 6.07) is -0.427. The molecule has 1 saturated heterocycles. The maximum absolute atomic E-state index is 11.9. The summed E-state index contributed by atoms with van der Waals surface area (Å²) in [7, 11) is 0. The van der Waals surface area contributed by atoms with Crippen molar-refractivity contribution in [3.8, 4) is 0 Å². The Balaban J connectivity index is 2.37. The number of nitrogens with zero attached hydrogens (tertiary/aromatic N) is 1. The van der Waals surface area contributed by atoms with Crippen LogP contribution in [-0.2, 0) is 9.59 Å². The number of hydrogen-bond acceptors (Lipinski definition) is 3. The van der Waals surface area contributed by atoms with Crippen LogP contribution < -0.4 is 11.1 Å². The SMILES string of the molecule is CC(C)C(NCC(=O)N1CCCCC1)C(N)=O. The summed E-state index contributed by atoms with van der Waals surface area (Å²) in [5, 5.41) is 2.95. The lowest BCUT2D eigenvalue weighted by atomic mass is 10.0. The maximum Gasteiger partial charge on any atom is 0.236 e. The van der Waals surface area contributed by atoms with Gasteiger partial charge in [0.15, 0.2) is 0 Å². The van der Waals surface area contributed by atoms with Crippen LogP contribution >= 0.6 is 0 Å². The van der Waals surface area contributed by atoms with Gasteiger partial charge in [0.2, 0.25) is 11.8 Å². The van der Waals surface area contributed by atoms with E-state index >= 15 is 0 Å². The monoisotopic (exact) mass is 241 g/mol. The average Bonchev–Trinajstić information content (AvgIpc) is 2.29. The molecule has 0 bridgehead atoms. The first-order chi connectivity index (χ1) is 8.02. The minimum absolute atomic E-state index is 0.0663. The molecule has 1 heterocycles. The average molecular weight is 241 g/mol. The molecule has 98 valence electrons. The Bertz CT molecular complexity index is 273. The molecule has 1 rings (SSSR count). The van der Waals surface area contributed by atoms with Gasteiger partial charge in [0.25, 0.3) is 0 Å². The molecule has 1 aliphatic heterocycles. The molecule has 0 aromatic carbocycles. The molecule has 0 aromatic heterocycles. The highest BCUT2D eigenvalue weighted by atomic mass is 16.2. The molecule has 1 atom stereocenters. The summed E-state index contributed by atoms with van der Waals surface area (Å²) in [4.78, 5) is 24.9. The number of nitrogens with one attached hydrogen (secondary N) is 1. The molecule has 1 fully saturated rings. The fourth-order valence-corrected chi connectivity index (χ4v) is 2.12. The number of carbonyl (C=O) groups is 2. The molecule has 1 aliphatic rings. The second-order valence-electron chi connectivity index (χ2n) is 4.95. The standard InChI is InChI=1S/C12H23N3O2/c1-9(2)11(12(13)17)14-8-10(16)15-6-4-3-5-7-15/h9,11,14H,3-8H2,1-2H3,(H2,13,17). The highest BCUT2D eigenvalue weighted by Crippen LogP contribution is 2.08. The van der Waals surface area contributed by atoms with E-state index in [4.69, 9.17) is 5.73 Å². The van der Waals surface area contributed by atoms with Gasteiger partial charge in [0.05, 0.1) is 12.6 Å². The molecular weight excluding hydrogens is 218 g/mol. The van der Waals surface area contributed by atoms with Gasteiger partial charge >= 0.3 is 0 Å². The molecule has 2 amide bonds. The van der Waals surface area contributed by atoms with Gasteiger partial charge in [-0.2, -0.15) is 0 Å². The molecule has 0 saturated carbocycles. The number of nitrogens with two attached hydrogens (primary N) is 1. The van der Waals surface area contributed by atoms with E-state index in [-0.39, 0.29) is 18.4 Å². The fourth-order valence-electron chi connectivity index (χ4n) is 2.12. The minimum Gasteiger partial charge on any atom is -0.368 e. The van der Waals surface area contributed by atoms with E-state index in [2.05, 4.69) is 5.32 Å². The number of carbonyl (C=O) groups excluding carboxylic acids is 2. The van der Waals surface area contributed by atoms with Crippen molar-refractivity contribution in [1.82, 2.24) is 10.2 Å². The van der Waals surface area contributed by atoms with E-state index < -0.39 is 11.9 Å². The third-order valence-corrected chi connectivity index (χ3v) is 3.16. The quantitative estimate of drug-likeness (QED) is 0.716. The molecule has 0 aliphatic carbocycles. The van der Waals surface area contributed by atoms with Crippen molar-refractivity contribution >= 4 is 11.8 Å². The Labute approximate surface area is 103 Å². The number of primary amides is 1. The first-order valence-corrected chi connectivity index (χ1v) is 6.33. The van der Waals surface area contributed by atoms with Crippen molar-refractivity contribution in [2.75, 3.05) is 19.6 Å². The largest absolute Gasteiger partial charge is 0.368 e. The van der Waals surface area contributed by atoms with Gasteiger partial charge in [-0.25, -0.2) is 0 Å². The van der Waals surface area contributed by atoms with Gasteiger partial charge < -0.3 is 10.6 Å². The van der Waals surface area contributed by atoms with Crippen molar-refractivity contribution in [3.63, 3.8) is 0 Å². The Morgan fingerprint density at radius 1 is 1.24 bits per heavy atom. The minimum atomic E-state index is -0.427. The zero-order chi connectivity index (χ0) is 12.8. The normalized spacial score (nSPS) is 18.2. The number of amides is 2. The van der Waals surface area contributed by atoms with Crippen molar-refractivity contribution < 1.29 is 9.59 Å². The molecule has 5 heteroatoms. The molecular formula is C12H23N3O2. The van der Waals surface area contributed by atoms with E-state index in [0.29, 0.717) is 0 Å². The summed E-state index contributed by atoms with van der Waals surface area (Å²) < 4.78 is 0. The Morgan fingerprint density at radius 3 is 2.29 bits per heavy atom. The summed E-state index contributed by atoms with van der Waals surface area (Å²) in [5.74, 6) is -0.232. The zero-order valence-corrected chi connectivity index (χ0v) is 10.7. The van der Waals surface area contributed by atoms with Gasteiger partial charge in [-0.3, -0.25) is 14.9 Å². The fraction of sp³-hybridized carbons (Fsp3) is 0.833. The topological polar surface area (TPSA) is 75.4 Å². The van der Waals surface area contributed by atoms with Crippen LogP contribution in [0.3, 0.4) is 0 Å². The van der Waals surface area contributed by atoms with Crippen molar-refractivity contribution in [2.24, 2.45) is 11.7 Å². The summed E-state index contributed by atoms with van der Waals surface area (Å²) >= 11 is 0. The third kappa shape index (κ3) is 4.34. The maximum atomic E-state index is 11.9. The van der Waals surface area contributed by atoms with Crippen LogP contribution in [0, 0.1) is 5.92 Å². The van der Waals surface area contributed by atoms with Crippen LogP contribution in [0.2, 0.25) is 0 Å². The van der Waals surface area contributed by atoms with Crippen LogP contribution in [-0.4, -0.2) is 42.4 Å². The first kappa shape index (κ1) is 14.0. The molecule has 3 N–H and O–H groups in total. The van der Waals surface area contributed by atoms with E-state index in [1.54, 1.807) is 0 Å². The van der Waals surface area contributed by atoms with E-state index in [1.807, 2.05) is 18.7 Å². The van der Waals surface area contributed by atoms with Gasteiger partial charge in [-0.15, -0.1) is 0 Å². The smallest absolute Gasteiger partial charge is 0.236 e.